The fourth-order valence-electron chi connectivity index (χ4n) is 2.05. The van der Waals surface area contributed by atoms with E-state index in [2.05, 4.69) is 19.1 Å². The highest BCUT2D eigenvalue weighted by atomic mass is 16.5. The second kappa shape index (κ2) is 19.0. The Labute approximate surface area is 147 Å². The smallest absolute Gasteiger partial charge is 0.328 e. The van der Waals surface area contributed by atoms with Gasteiger partial charge in [-0.1, -0.05) is 112 Å². The molecule has 1 N–H and O–H groups in total. The minimum Gasteiger partial charge on any atom is -0.478 e. The van der Waals surface area contributed by atoms with Crippen molar-refractivity contribution in [1.29, 1.82) is 0 Å². The molecule has 0 bridgehead atoms. The maximum Gasteiger partial charge on any atom is 0.328 e. The molecule has 0 aliphatic heterocycles. The van der Waals surface area contributed by atoms with Crippen LogP contribution < -0.4 is 0 Å². The second-order valence-corrected chi connectivity index (χ2v) is 5.58. The quantitative estimate of drug-likeness (QED) is 0.170. The number of unbranched alkanes of at least 4 members (excludes halogenated alkanes) is 7. The van der Waals surface area contributed by atoms with Crippen LogP contribution in [0.3, 0.4) is 0 Å². The number of aliphatic carboxylic acids is 1. The van der Waals surface area contributed by atoms with Crippen molar-refractivity contribution in [3.63, 3.8) is 0 Å². The van der Waals surface area contributed by atoms with Gasteiger partial charge in [0.25, 0.3) is 0 Å². The van der Waals surface area contributed by atoms with Gasteiger partial charge in [-0.25, -0.2) is 4.79 Å². The zero-order valence-corrected chi connectivity index (χ0v) is 14.9. The third kappa shape index (κ3) is 19.9. The van der Waals surface area contributed by atoms with Gasteiger partial charge >= 0.3 is 5.97 Å². The van der Waals surface area contributed by atoms with Crippen molar-refractivity contribution in [1.82, 2.24) is 0 Å². The molecule has 2 nitrogen and oxygen atoms in total. The van der Waals surface area contributed by atoms with E-state index >= 15 is 0 Å². The Balaban J connectivity index is 3.57. The molecule has 0 heterocycles. The van der Waals surface area contributed by atoms with Crippen molar-refractivity contribution in [3.05, 3.63) is 72.9 Å². The molecule has 0 spiro atoms. The van der Waals surface area contributed by atoms with Gasteiger partial charge in [0.15, 0.2) is 0 Å². The summed E-state index contributed by atoms with van der Waals surface area (Å²) in [5.41, 5.74) is 0. The van der Waals surface area contributed by atoms with E-state index in [4.69, 9.17) is 5.11 Å². The monoisotopic (exact) mass is 329 g/mol. The number of hydrogen-bond acceptors (Lipinski definition) is 1. The summed E-state index contributed by atoms with van der Waals surface area (Å²) in [6, 6.07) is 0. The first-order chi connectivity index (χ1) is 11.8. The number of hydrogen-bond donors (Lipinski definition) is 1. The Morgan fingerprint density at radius 3 is 1.67 bits per heavy atom. The van der Waals surface area contributed by atoms with E-state index in [1.165, 1.54) is 51.0 Å². The van der Waals surface area contributed by atoms with Crippen LogP contribution in [0.1, 0.15) is 58.3 Å². The van der Waals surface area contributed by atoms with Gasteiger partial charge in [0.1, 0.15) is 0 Å². The zero-order valence-electron chi connectivity index (χ0n) is 14.9. The first kappa shape index (κ1) is 21.9. The summed E-state index contributed by atoms with van der Waals surface area (Å²) in [6.45, 7) is 2.25. The Hall–Kier alpha value is -2.09. The Morgan fingerprint density at radius 1 is 0.667 bits per heavy atom. The summed E-state index contributed by atoms with van der Waals surface area (Å²) < 4.78 is 0. The SMILES string of the molecule is CCCCCCCCCC=CC=CC=CC=CC=CC=C[13C](=O)O. The molecule has 24 heavy (non-hydrogen) atoms. The van der Waals surface area contributed by atoms with Gasteiger partial charge < -0.3 is 5.11 Å². The molecular weight excluding hydrogens is 297 g/mol. The largest absolute Gasteiger partial charge is 0.478 e. The van der Waals surface area contributed by atoms with Crippen molar-refractivity contribution in [2.24, 2.45) is 0 Å². The van der Waals surface area contributed by atoms with Crippen LogP contribution >= 0.6 is 0 Å². The number of rotatable bonds is 14. The maximum absolute atomic E-state index is 10.2. The normalized spacial score (nSPS) is 13.0. The van der Waals surface area contributed by atoms with Crippen molar-refractivity contribution >= 4 is 5.97 Å². The molecule has 2 heteroatoms. The first-order valence-electron chi connectivity index (χ1n) is 9.00. The summed E-state index contributed by atoms with van der Waals surface area (Å²) in [7, 11) is 0. The molecule has 132 valence electrons. The second-order valence-electron chi connectivity index (χ2n) is 5.58. The van der Waals surface area contributed by atoms with E-state index in [0.29, 0.717) is 0 Å². The molecule has 0 aromatic carbocycles. The van der Waals surface area contributed by atoms with Gasteiger partial charge in [-0.3, -0.25) is 0 Å². The molecule has 0 saturated heterocycles. The Bertz CT molecular complexity index is 462. The lowest BCUT2D eigenvalue weighted by atomic mass is 10.1. The zero-order chi connectivity index (χ0) is 17.7. The average Bonchev–Trinajstić information content (AvgIpc) is 2.56. The van der Waals surface area contributed by atoms with E-state index in [1.54, 1.807) is 12.2 Å². The van der Waals surface area contributed by atoms with Gasteiger partial charge in [0, 0.05) is 6.08 Å². The standard InChI is InChI=1S/C22H32O2/c1-2-3-4-5-6-7-8-9-10-11-12-13-14-15-16-17-18-19-20-21-22(23)24/h10-21H,2-9H2,1H3,(H,23,24)/i22+1. The lowest BCUT2D eigenvalue weighted by Gasteiger charge is -1.98. The molecule has 0 aromatic rings. The van der Waals surface area contributed by atoms with Crippen LogP contribution in [0.15, 0.2) is 72.9 Å². The Morgan fingerprint density at radius 2 is 1.12 bits per heavy atom. The van der Waals surface area contributed by atoms with Gasteiger partial charge in [-0.2, -0.15) is 0 Å². The van der Waals surface area contributed by atoms with E-state index in [0.717, 1.165) is 12.5 Å². The molecule has 0 radical (unpaired) electrons. The Kier molecular flexibility index (Phi) is 17.3. The molecule has 0 aliphatic rings. The highest BCUT2D eigenvalue weighted by molar-refractivity contribution is 5.80. The number of carbonyl (C=O) groups is 1. The molecule has 0 rings (SSSR count). The summed E-state index contributed by atoms with van der Waals surface area (Å²) in [5.74, 6) is -0.936. The van der Waals surface area contributed by atoms with Crippen molar-refractivity contribution in [3.8, 4) is 0 Å². The summed E-state index contributed by atoms with van der Waals surface area (Å²) >= 11 is 0. The van der Waals surface area contributed by atoms with Crippen molar-refractivity contribution in [2.45, 2.75) is 58.3 Å². The van der Waals surface area contributed by atoms with Crippen LogP contribution in [-0.4, -0.2) is 11.1 Å². The summed E-state index contributed by atoms with van der Waals surface area (Å²) in [6.07, 6.45) is 32.7. The van der Waals surface area contributed by atoms with Crippen LogP contribution in [0.4, 0.5) is 0 Å². The van der Waals surface area contributed by atoms with E-state index in [-0.39, 0.29) is 0 Å². The maximum atomic E-state index is 10.2. The fourth-order valence-corrected chi connectivity index (χ4v) is 2.05. The lowest BCUT2D eigenvalue weighted by molar-refractivity contribution is -0.131. The molecule has 0 fully saturated rings. The molecule has 0 unspecified atom stereocenters. The van der Waals surface area contributed by atoms with Crippen molar-refractivity contribution < 1.29 is 9.90 Å². The first-order valence-corrected chi connectivity index (χ1v) is 9.00. The highest BCUT2D eigenvalue weighted by Crippen LogP contribution is 2.08. The predicted octanol–water partition coefficient (Wildman–Crippen LogP) is 6.55. The van der Waals surface area contributed by atoms with E-state index in [9.17, 15) is 4.79 Å². The van der Waals surface area contributed by atoms with Gasteiger partial charge in [0.05, 0.1) is 0 Å². The average molecular weight is 329 g/mol. The molecular formula is C22H32O2. The summed E-state index contributed by atoms with van der Waals surface area (Å²) in [4.78, 5) is 10.2. The third-order valence-electron chi connectivity index (χ3n) is 3.35. The minimum atomic E-state index is -0.936. The lowest BCUT2D eigenvalue weighted by Crippen LogP contribution is -1.84. The topological polar surface area (TPSA) is 37.3 Å². The van der Waals surface area contributed by atoms with Crippen LogP contribution in [0.2, 0.25) is 0 Å². The molecule has 0 saturated carbocycles. The number of carboxylic acid groups (broad SMARTS) is 1. The predicted molar refractivity (Wildman–Crippen MR) is 105 cm³/mol. The van der Waals surface area contributed by atoms with E-state index in [1.807, 2.05) is 36.5 Å². The molecule has 0 atom stereocenters. The van der Waals surface area contributed by atoms with Crippen LogP contribution in [0.5, 0.6) is 0 Å². The summed E-state index contributed by atoms with van der Waals surface area (Å²) in [5, 5.41) is 8.39. The number of carboxylic acids is 1. The minimum absolute atomic E-state index is 0.936. The molecule has 0 amide bonds. The third-order valence-corrected chi connectivity index (χ3v) is 3.35. The van der Waals surface area contributed by atoms with E-state index < -0.39 is 5.97 Å². The van der Waals surface area contributed by atoms with Crippen LogP contribution in [0, 0.1) is 0 Å². The molecule has 0 aliphatic carbocycles. The molecule has 0 aromatic heterocycles. The van der Waals surface area contributed by atoms with Gasteiger partial charge in [-0.05, 0) is 12.8 Å². The fraction of sp³-hybridized carbons (Fsp3) is 0.409. The van der Waals surface area contributed by atoms with Crippen molar-refractivity contribution in [2.75, 3.05) is 0 Å². The number of allylic oxidation sites excluding steroid dienone is 11. The highest BCUT2D eigenvalue weighted by Gasteiger charge is 1.88. The van der Waals surface area contributed by atoms with Gasteiger partial charge in [0.2, 0.25) is 0 Å². The van der Waals surface area contributed by atoms with Crippen LogP contribution in [0.25, 0.3) is 0 Å². The van der Waals surface area contributed by atoms with Gasteiger partial charge in [-0.15, -0.1) is 0 Å². The van der Waals surface area contributed by atoms with Crippen LogP contribution in [-0.2, 0) is 4.79 Å².